The first-order valence-corrected chi connectivity index (χ1v) is 11.7. The molecule has 8 heteroatoms. The number of carbonyl (C=O) groups is 2. The molecule has 1 fully saturated rings. The average Bonchev–Trinajstić information content (AvgIpc) is 3.42. The summed E-state index contributed by atoms with van der Waals surface area (Å²) in [5, 5.41) is 5.76. The number of thiophene rings is 1. The van der Waals surface area contributed by atoms with Crippen LogP contribution in [0.4, 0.5) is 0 Å². The summed E-state index contributed by atoms with van der Waals surface area (Å²) >= 11 is 7.84. The van der Waals surface area contributed by atoms with E-state index >= 15 is 0 Å². The van der Waals surface area contributed by atoms with Crippen LogP contribution in [-0.4, -0.2) is 35.3 Å². The molecule has 3 N–H and O–H groups in total. The number of nitrogens with one attached hydrogen (secondary N) is 3. The fourth-order valence-corrected chi connectivity index (χ4v) is 5.23. The third-order valence-electron chi connectivity index (χ3n) is 5.78. The van der Waals surface area contributed by atoms with Gasteiger partial charge in [0.25, 0.3) is 0 Å². The molecule has 2 amide bonds. The highest BCUT2D eigenvalue weighted by atomic mass is 35.5. The molecule has 2 aromatic rings. The number of halogens is 1. The van der Waals surface area contributed by atoms with Crippen LogP contribution in [0, 0.1) is 0 Å². The summed E-state index contributed by atoms with van der Waals surface area (Å²) in [6.07, 6.45) is 2.95. The van der Waals surface area contributed by atoms with E-state index < -0.39 is 12.1 Å². The summed E-state index contributed by atoms with van der Waals surface area (Å²) in [4.78, 5) is 29.3. The van der Waals surface area contributed by atoms with Gasteiger partial charge in [-0.25, -0.2) is 10.9 Å². The molecule has 1 saturated heterocycles. The smallest absolute Gasteiger partial charge is 0.245 e. The number of rotatable bonds is 6. The number of hydrogen-bond donors (Lipinski definition) is 3. The van der Waals surface area contributed by atoms with Crippen molar-refractivity contribution in [2.75, 3.05) is 6.54 Å². The summed E-state index contributed by atoms with van der Waals surface area (Å²) in [6.45, 7) is 3.38. The van der Waals surface area contributed by atoms with E-state index in [1.807, 2.05) is 36.1 Å². The zero-order valence-electron chi connectivity index (χ0n) is 17.0. The molecule has 0 aliphatic carbocycles. The lowest BCUT2D eigenvalue weighted by Gasteiger charge is -2.31. The van der Waals surface area contributed by atoms with E-state index in [0.717, 1.165) is 18.4 Å². The van der Waals surface area contributed by atoms with E-state index in [0.29, 0.717) is 31.0 Å². The van der Waals surface area contributed by atoms with Gasteiger partial charge in [0.05, 0.1) is 0 Å². The van der Waals surface area contributed by atoms with Gasteiger partial charge in [0.1, 0.15) is 12.1 Å². The molecule has 3 heterocycles. The maximum Gasteiger partial charge on any atom is 0.245 e. The molecule has 2 aliphatic heterocycles. The molecule has 1 aromatic carbocycles. The van der Waals surface area contributed by atoms with Crippen LogP contribution in [0.3, 0.4) is 0 Å². The number of fused-ring (bicyclic) bond motifs is 1. The van der Waals surface area contributed by atoms with Gasteiger partial charge in [-0.1, -0.05) is 37.1 Å². The van der Waals surface area contributed by atoms with Crippen LogP contribution in [-0.2, 0) is 22.6 Å². The monoisotopic (exact) mass is 446 g/mol. The molecule has 0 spiro atoms. The zero-order valence-corrected chi connectivity index (χ0v) is 18.6. The SMILES string of the molecule is CCCC(NC(=O)C1CC(c2cccc(Cl)c2)NN1)C(=O)N1CCc2sccc2C1. The number of benzene rings is 1. The zero-order chi connectivity index (χ0) is 21.1. The van der Waals surface area contributed by atoms with Gasteiger partial charge in [-0.05, 0) is 54.0 Å². The molecular formula is C22H27ClN4O2S. The summed E-state index contributed by atoms with van der Waals surface area (Å²) in [7, 11) is 0. The molecule has 0 radical (unpaired) electrons. The second-order valence-corrected chi connectivity index (χ2v) is 9.35. The molecule has 2 aliphatic rings. The van der Waals surface area contributed by atoms with Crippen molar-refractivity contribution in [3.05, 3.63) is 56.7 Å². The van der Waals surface area contributed by atoms with Crippen LogP contribution in [0.5, 0.6) is 0 Å². The first-order valence-electron chi connectivity index (χ1n) is 10.5. The van der Waals surface area contributed by atoms with Gasteiger partial charge in [-0.3, -0.25) is 9.59 Å². The van der Waals surface area contributed by atoms with E-state index in [9.17, 15) is 9.59 Å². The van der Waals surface area contributed by atoms with E-state index in [-0.39, 0.29) is 17.9 Å². The average molecular weight is 447 g/mol. The van der Waals surface area contributed by atoms with E-state index in [1.54, 1.807) is 11.3 Å². The van der Waals surface area contributed by atoms with Gasteiger partial charge in [0.15, 0.2) is 0 Å². The van der Waals surface area contributed by atoms with Gasteiger partial charge in [0, 0.05) is 29.0 Å². The minimum atomic E-state index is -0.491. The molecule has 1 aromatic heterocycles. The predicted octanol–water partition coefficient (Wildman–Crippen LogP) is 3.18. The van der Waals surface area contributed by atoms with Gasteiger partial charge in [0.2, 0.25) is 11.8 Å². The number of nitrogens with zero attached hydrogens (tertiary/aromatic N) is 1. The third-order valence-corrected chi connectivity index (χ3v) is 7.04. The Balaban J connectivity index is 1.37. The topological polar surface area (TPSA) is 73.5 Å². The lowest BCUT2D eigenvalue weighted by Crippen LogP contribution is -2.53. The molecule has 160 valence electrons. The number of amides is 2. The van der Waals surface area contributed by atoms with Crippen molar-refractivity contribution in [3.8, 4) is 0 Å². The molecule has 3 unspecified atom stereocenters. The van der Waals surface area contributed by atoms with E-state index in [4.69, 9.17) is 11.6 Å². The Bertz CT molecular complexity index is 918. The van der Waals surface area contributed by atoms with Crippen LogP contribution < -0.4 is 16.2 Å². The van der Waals surface area contributed by atoms with Crippen LogP contribution >= 0.6 is 22.9 Å². The first kappa shape index (κ1) is 21.3. The molecule has 30 heavy (non-hydrogen) atoms. The quantitative estimate of drug-likeness (QED) is 0.637. The summed E-state index contributed by atoms with van der Waals surface area (Å²) in [6, 6.07) is 8.83. The Labute approximate surface area is 186 Å². The van der Waals surface area contributed by atoms with Gasteiger partial charge < -0.3 is 10.2 Å². The fraction of sp³-hybridized carbons (Fsp3) is 0.455. The lowest BCUT2D eigenvalue weighted by molar-refractivity contribution is -0.137. The van der Waals surface area contributed by atoms with Crippen LogP contribution in [0.1, 0.15) is 48.2 Å². The highest BCUT2D eigenvalue weighted by Crippen LogP contribution is 2.26. The Morgan fingerprint density at radius 1 is 1.33 bits per heavy atom. The van der Waals surface area contributed by atoms with Crippen molar-refractivity contribution >= 4 is 34.8 Å². The van der Waals surface area contributed by atoms with Gasteiger partial charge in [-0.2, -0.15) is 0 Å². The Morgan fingerprint density at radius 3 is 3.00 bits per heavy atom. The minimum absolute atomic E-state index is 0.00103. The summed E-state index contributed by atoms with van der Waals surface area (Å²) in [5.74, 6) is -0.133. The Morgan fingerprint density at radius 2 is 2.20 bits per heavy atom. The minimum Gasteiger partial charge on any atom is -0.343 e. The second-order valence-electron chi connectivity index (χ2n) is 7.91. The molecule has 3 atom stereocenters. The molecule has 4 rings (SSSR count). The highest BCUT2D eigenvalue weighted by molar-refractivity contribution is 7.10. The maximum absolute atomic E-state index is 13.2. The van der Waals surface area contributed by atoms with Crippen molar-refractivity contribution < 1.29 is 9.59 Å². The van der Waals surface area contributed by atoms with E-state index in [2.05, 4.69) is 27.6 Å². The van der Waals surface area contributed by atoms with Crippen molar-refractivity contribution in [2.24, 2.45) is 0 Å². The normalized spacial score (nSPS) is 21.9. The van der Waals surface area contributed by atoms with Crippen LogP contribution in [0.25, 0.3) is 0 Å². The van der Waals surface area contributed by atoms with Crippen molar-refractivity contribution in [2.45, 2.75) is 57.3 Å². The Hall–Kier alpha value is -1.93. The van der Waals surface area contributed by atoms with Crippen molar-refractivity contribution in [3.63, 3.8) is 0 Å². The molecule has 0 bridgehead atoms. The van der Waals surface area contributed by atoms with Crippen molar-refractivity contribution in [1.29, 1.82) is 0 Å². The summed E-state index contributed by atoms with van der Waals surface area (Å²) in [5.41, 5.74) is 8.51. The molecule has 0 saturated carbocycles. The second kappa shape index (κ2) is 9.47. The third kappa shape index (κ3) is 4.70. The van der Waals surface area contributed by atoms with E-state index in [1.165, 1.54) is 10.4 Å². The highest BCUT2D eigenvalue weighted by Gasteiger charge is 2.34. The maximum atomic E-state index is 13.2. The summed E-state index contributed by atoms with van der Waals surface area (Å²) < 4.78 is 0. The van der Waals surface area contributed by atoms with Gasteiger partial charge in [-0.15, -0.1) is 11.3 Å². The Kier molecular flexibility index (Phi) is 6.73. The van der Waals surface area contributed by atoms with Gasteiger partial charge >= 0.3 is 0 Å². The lowest BCUT2D eigenvalue weighted by atomic mass is 10.0. The first-order chi connectivity index (χ1) is 14.5. The predicted molar refractivity (Wildman–Crippen MR) is 119 cm³/mol. The fourth-order valence-electron chi connectivity index (χ4n) is 4.15. The molecular weight excluding hydrogens is 420 g/mol. The van der Waals surface area contributed by atoms with Crippen LogP contribution in [0.2, 0.25) is 5.02 Å². The number of carbonyl (C=O) groups excluding carboxylic acids is 2. The number of hydrogen-bond acceptors (Lipinski definition) is 5. The van der Waals surface area contributed by atoms with Crippen molar-refractivity contribution in [1.82, 2.24) is 21.1 Å². The largest absolute Gasteiger partial charge is 0.343 e. The standard InChI is InChI=1S/C22H27ClN4O2S/c1-2-4-17(22(29)27-9-7-20-15(13-27)8-10-30-20)24-21(28)19-12-18(25-26-19)14-5-3-6-16(23)11-14/h3,5-6,8,10-11,17-19,25-26H,2,4,7,9,12-13H2,1H3,(H,24,28). The van der Waals surface area contributed by atoms with Crippen LogP contribution in [0.15, 0.2) is 35.7 Å². The number of hydrazine groups is 1. The molecule has 6 nitrogen and oxygen atoms in total.